The molecule has 0 amide bonds. The maximum absolute atomic E-state index is 11.0. The number of hydrogen-bond donors (Lipinski definition) is 2. The number of hydrogen-bond acceptors (Lipinski definition) is 4. The van der Waals surface area contributed by atoms with Gasteiger partial charge in [0.05, 0.1) is 6.61 Å². The molecule has 0 unspecified atom stereocenters. The summed E-state index contributed by atoms with van der Waals surface area (Å²) in [6, 6.07) is 4.88. The van der Waals surface area contributed by atoms with Crippen LogP contribution in [0.4, 0.5) is 5.69 Å². The summed E-state index contributed by atoms with van der Waals surface area (Å²) in [5.41, 5.74) is 5.90. The zero-order valence-electron chi connectivity index (χ0n) is 9.81. The molecule has 0 aliphatic carbocycles. The molecule has 1 rings (SSSR count). The van der Waals surface area contributed by atoms with Gasteiger partial charge in [0, 0.05) is 5.69 Å². The molecular weight excluding hydrogens is 238 g/mol. The lowest BCUT2D eigenvalue weighted by Crippen LogP contribution is -2.08. The van der Waals surface area contributed by atoms with Gasteiger partial charge < -0.3 is 15.6 Å². The minimum absolute atomic E-state index is 0.0515. The maximum atomic E-state index is 11.0. The van der Waals surface area contributed by atoms with E-state index in [1.54, 1.807) is 18.2 Å². The highest BCUT2D eigenvalue weighted by Gasteiger charge is 2.14. The molecule has 94 valence electrons. The van der Waals surface area contributed by atoms with Gasteiger partial charge >= 0.3 is 5.97 Å². The zero-order valence-corrected chi connectivity index (χ0v) is 10.6. The van der Waals surface area contributed by atoms with Crippen LogP contribution in [0.5, 0.6) is 5.75 Å². The fourth-order valence-electron chi connectivity index (χ4n) is 1.38. The zero-order chi connectivity index (χ0) is 12.7. The monoisotopic (exact) mass is 255 g/mol. The van der Waals surface area contributed by atoms with Gasteiger partial charge in [-0.1, -0.05) is 13.0 Å². The molecule has 4 nitrogen and oxygen atoms in total. The third-order valence-corrected chi connectivity index (χ3v) is 3.15. The summed E-state index contributed by atoms with van der Waals surface area (Å²) in [6.45, 7) is 2.61. The Morgan fingerprint density at radius 1 is 1.53 bits per heavy atom. The number of thioether (sulfide) groups is 1. The largest absolute Gasteiger partial charge is 0.493 e. The van der Waals surface area contributed by atoms with E-state index >= 15 is 0 Å². The molecule has 0 aliphatic heterocycles. The van der Waals surface area contributed by atoms with Gasteiger partial charge in [-0.2, -0.15) is 11.8 Å². The predicted octanol–water partition coefficient (Wildman–Crippen LogP) is 2.49. The molecule has 0 atom stereocenters. The minimum atomic E-state index is -1.05. The molecule has 0 aliphatic rings. The first kappa shape index (κ1) is 13.7. The molecule has 0 aromatic heterocycles. The summed E-state index contributed by atoms with van der Waals surface area (Å²) >= 11 is 1.84. The van der Waals surface area contributed by atoms with Crippen LogP contribution in [-0.2, 0) is 0 Å². The minimum Gasteiger partial charge on any atom is -0.493 e. The second-order valence-corrected chi connectivity index (χ2v) is 4.82. The Balaban J connectivity index is 2.58. The van der Waals surface area contributed by atoms with Crippen molar-refractivity contribution in [1.82, 2.24) is 0 Å². The SMILES string of the molecule is CCSCCCOc1cccc(N)c1C(=O)O. The van der Waals surface area contributed by atoms with Gasteiger partial charge in [0.15, 0.2) is 0 Å². The van der Waals surface area contributed by atoms with Crippen LogP contribution in [0.25, 0.3) is 0 Å². The van der Waals surface area contributed by atoms with E-state index < -0.39 is 5.97 Å². The molecule has 1 aromatic carbocycles. The Bertz CT molecular complexity index is 382. The predicted molar refractivity (Wildman–Crippen MR) is 70.9 cm³/mol. The average Bonchev–Trinajstić information content (AvgIpc) is 2.28. The molecule has 17 heavy (non-hydrogen) atoms. The van der Waals surface area contributed by atoms with E-state index in [2.05, 4.69) is 6.92 Å². The van der Waals surface area contributed by atoms with Crippen LogP contribution in [-0.4, -0.2) is 29.2 Å². The van der Waals surface area contributed by atoms with Crippen LogP contribution >= 0.6 is 11.8 Å². The van der Waals surface area contributed by atoms with Crippen molar-refractivity contribution in [1.29, 1.82) is 0 Å². The van der Waals surface area contributed by atoms with E-state index in [9.17, 15) is 4.79 Å². The van der Waals surface area contributed by atoms with E-state index in [1.165, 1.54) is 0 Å². The highest BCUT2D eigenvalue weighted by molar-refractivity contribution is 7.99. The molecule has 1 aromatic rings. The third-order valence-electron chi connectivity index (χ3n) is 2.17. The molecular formula is C12H17NO3S. The van der Waals surface area contributed by atoms with Crippen LogP contribution in [0.3, 0.4) is 0 Å². The van der Waals surface area contributed by atoms with Gasteiger partial charge in [-0.3, -0.25) is 0 Å². The van der Waals surface area contributed by atoms with Crippen molar-refractivity contribution < 1.29 is 14.6 Å². The summed E-state index contributed by atoms with van der Waals surface area (Å²) in [6.07, 6.45) is 0.895. The van der Waals surface area contributed by atoms with Crippen molar-refractivity contribution in [3.8, 4) is 5.75 Å². The highest BCUT2D eigenvalue weighted by Crippen LogP contribution is 2.24. The normalized spacial score (nSPS) is 10.2. The van der Waals surface area contributed by atoms with E-state index in [0.29, 0.717) is 12.4 Å². The van der Waals surface area contributed by atoms with Crippen LogP contribution < -0.4 is 10.5 Å². The smallest absolute Gasteiger partial charge is 0.341 e. The number of nitrogen functional groups attached to an aromatic ring is 1. The van der Waals surface area contributed by atoms with Crippen molar-refractivity contribution in [3.05, 3.63) is 23.8 Å². The summed E-state index contributed by atoms with van der Waals surface area (Å²) in [4.78, 5) is 11.0. The first-order valence-electron chi connectivity index (χ1n) is 5.49. The number of aromatic carboxylic acids is 1. The van der Waals surface area contributed by atoms with Gasteiger partial charge in [0.25, 0.3) is 0 Å². The van der Waals surface area contributed by atoms with Crippen LogP contribution in [0.1, 0.15) is 23.7 Å². The molecule has 5 heteroatoms. The van der Waals surface area contributed by atoms with E-state index in [0.717, 1.165) is 17.9 Å². The van der Waals surface area contributed by atoms with Crippen molar-refractivity contribution in [2.75, 3.05) is 23.8 Å². The lowest BCUT2D eigenvalue weighted by atomic mass is 10.1. The Kier molecular flexibility index (Phi) is 5.69. The number of anilines is 1. The highest BCUT2D eigenvalue weighted by atomic mass is 32.2. The van der Waals surface area contributed by atoms with Gasteiger partial charge in [-0.25, -0.2) is 4.79 Å². The molecule has 0 spiro atoms. The molecule has 0 radical (unpaired) electrons. The topological polar surface area (TPSA) is 72.5 Å². The van der Waals surface area contributed by atoms with Gasteiger partial charge in [-0.05, 0) is 30.1 Å². The molecule has 0 saturated heterocycles. The van der Waals surface area contributed by atoms with Gasteiger partial charge in [-0.15, -0.1) is 0 Å². The van der Waals surface area contributed by atoms with Crippen LogP contribution in [0.2, 0.25) is 0 Å². The lowest BCUT2D eigenvalue weighted by Gasteiger charge is -2.10. The van der Waals surface area contributed by atoms with Crippen LogP contribution in [0.15, 0.2) is 18.2 Å². The summed E-state index contributed by atoms with van der Waals surface area (Å²) in [7, 11) is 0. The quantitative estimate of drug-likeness (QED) is 0.578. The molecule has 3 N–H and O–H groups in total. The summed E-state index contributed by atoms with van der Waals surface area (Å²) < 4.78 is 5.45. The van der Waals surface area contributed by atoms with Gasteiger partial charge in [0.1, 0.15) is 11.3 Å². The molecule has 0 fully saturated rings. The Hall–Kier alpha value is -1.36. The molecule has 0 bridgehead atoms. The fraction of sp³-hybridized carbons (Fsp3) is 0.417. The average molecular weight is 255 g/mol. The Morgan fingerprint density at radius 2 is 2.29 bits per heavy atom. The number of ether oxygens (including phenoxy) is 1. The maximum Gasteiger partial charge on any atom is 0.341 e. The number of benzene rings is 1. The van der Waals surface area contributed by atoms with Crippen molar-refractivity contribution in [2.45, 2.75) is 13.3 Å². The Labute approximate surface area is 105 Å². The molecule has 0 saturated carbocycles. The number of carboxylic acid groups (broad SMARTS) is 1. The van der Waals surface area contributed by atoms with E-state index in [-0.39, 0.29) is 11.3 Å². The van der Waals surface area contributed by atoms with Crippen molar-refractivity contribution in [3.63, 3.8) is 0 Å². The second-order valence-electron chi connectivity index (χ2n) is 3.42. The Morgan fingerprint density at radius 3 is 2.94 bits per heavy atom. The van der Waals surface area contributed by atoms with Crippen LogP contribution in [0, 0.1) is 0 Å². The van der Waals surface area contributed by atoms with E-state index in [4.69, 9.17) is 15.6 Å². The molecule has 0 heterocycles. The lowest BCUT2D eigenvalue weighted by molar-refractivity contribution is 0.0693. The third kappa shape index (κ3) is 4.19. The summed E-state index contributed by atoms with van der Waals surface area (Å²) in [5, 5.41) is 9.02. The van der Waals surface area contributed by atoms with Crippen molar-refractivity contribution in [2.24, 2.45) is 0 Å². The first-order chi connectivity index (χ1) is 8.16. The standard InChI is InChI=1S/C12H17NO3S/c1-2-17-8-4-7-16-10-6-3-5-9(13)11(10)12(14)15/h3,5-6H,2,4,7-8,13H2,1H3,(H,14,15). The van der Waals surface area contributed by atoms with E-state index in [1.807, 2.05) is 11.8 Å². The summed E-state index contributed by atoms with van der Waals surface area (Å²) in [5.74, 6) is 1.39. The number of nitrogens with two attached hydrogens (primary N) is 1. The second kappa shape index (κ2) is 7.06. The van der Waals surface area contributed by atoms with Gasteiger partial charge in [0.2, 0.25) is 0 Å². The fourth-order valence-corrected chi connectivity index (χ4v) is 2.00. The number of carbonyl (C=O) groups is 1. The first-order valence-corrected chi connectivity index (χ1v) is 6.64. The van der Waals surface area contributed by atoms with Crippen molar-refractivity contribution >= 4 is 23.4 Å². The number of rotatable bonds is 7. The number of carboxylic acids is 1.